The summed E-state index contributed by atoms with van der Waals surface area (Å²) in [6, 6.07) is 7.56. The molecule has 2 rings (SSSR count). The fourth-order valence-corrected chi connectivity index (χ4v) is 2.32. The molecular weight excluding hydrogens is 227 g/mol. The number of hydrogen-bond donors (Lipinski definition) is 1. The molecule has 1 aromatic carbocycles. The van der Waals surface area contributed by atoms with Crippen LogP contribution in [0.15, 0.2) is 30.5 Å². The molecule has 1 aromatic heterocycles. The second-order valence-corrected chi connectivity index (χ2v) is 4.68. The first-order chi connectivity index (χ1) is 8.74. The van der Waals surface area contributed by atoms with Gasteiger partial charge in [-0.05, 0) is 42.5 Å². The summed E-state index contributed by atoms with van der Waals surface area (Å²) in [7, 11) is 0. The smallest absolute Gasteiger partial charge is 0.125 e. The molecule has 3 heteroatoms. The Morgan fingerprint density at radius 1 is 1.22 bits per heavy atom. The Morgan fingerprint density at radius 2 is 2.00 bits per heavy atom. The van der Waals surface area contributed by atoms with Crippen molar-refractivity contribution in [1.82, 2.24) is 9.88 Å². The summed E-state index contributed by atoms with van der Waals surface area (Å²) < 4.78 is 15.3. The van der Waals surface area contributed by atoms with Gasteiger partial charge in [0.15, 0.2) is 0 Å². The second-order valence-electron chi connectivity index (χ2n) is 4.68. The lowest BCUT2D eigenvalue weighted by molar-refractivity contribution is 0.468. The molecule has 0 saturated heterocycles. The highest BCUT2D eigenvalue weighted by Crippen LogP contribution is 2.16. The quantitative estimate of drug-likeness (QED) is 0.827. The SMILES string of the molecule is CCC(CC)NCCn1ccc2ccc(F)cc21. The Morgan fingerprint density at radius 3 is 2.72 bits per heavy atom. The van der Waals surface area contributed by atoms with Crippen molar-refractivity contribution in [1.29, 1.82) is 0 Å². The van der Waals surface area contributed by atoms with Crippen molar-refractivity contribution in [2.24, 2.45) is 0 Å². The number of rotatable bonds is 6. The van der Waals surface area contributed by atoms with E-state index in [0.717, 1.165) is 36.8 Å². The van der Waals surface area contributed by atoms with Crippen LogP contribution in [0.5, 0.6) is 0 Å². The van der Waals surface area contributed by atoms with E-state index in [0.29, 0.717) is 6.04 Å². The monoisotopic (exact) mass is 248 g/mol. The van der Waals surface area contributed by atoms with Crippen LogP contribution in [-0.2, 0) is 6.54 Å². The highest BCUT2D eigenvalue weighted by Gasteiger charge is 2.04. The minimum absolute atomic E-state index is 0.171. The molecule has 0 aliphatic heterocycles. The van der Waals surface area contributed by atoms with Gasteiger partial charge in [0, 0.05) is 25.3 Å². The van der Waals surface area contributed by atoms with Crippen LogP contribution in [0, 0.1) is 5.82 Å². The summed E-state index contributed by atoms with van der Waals surface area (Å²) in [5.41, 5.74) is 0.973. The van der Waals surface area contributed by atoms with Gasteiger partial charge in [-0.2, -0.15) is 0 Å². The van der Waals surface area contributed by atoms with E-state index in [1.165, 1.54) is 6.07 Å². The molecule has 0 bridgehead atoms. The molecule has 2 aromatic rings. The number of nitrogens with zero attached hydrogens (tertiary/aromatic N) is 1. The molecule has 1 N–H and O–H groups in total. The van der Waals surface area contributed by atoms with Gasteiger partial charge in [-0.15, -0.1) is 0 Å². The molecule has 18 heavy (non-hydrogen) atoms. The van der Waals surface area contributed by atoms with Gasteiger partial charge in [0.25, 0.3) is 0 Å². The van der Waals surface area contributed by atoms with Crippen LogP contribution >= 0.6 is 0 Å². The fraction of sp³-hybridized carbons (Fsp3) is 0.467. The molecule has 98 valence electrons. The van der Waals surface area contributed by atoms with Crippen LogP contribution in [0.1, 0.15) is 26.7 Å². The lowest BCUT2D eigenvalue weighted by Gasteiger charge is -2.15. The van der Waals surface area contributed by atoms with Crippen LogP contribution in [0.4, 0.5) is 4.39 Å². The molecule has 0 unspecified atom stereocenters. The van der Waals surface area contributed by atoms with Crippen LogP contribution < -0.4 is 5.32 Å². The second kappa shape index (κ2) is 6.01. The summed E-state index contributed by atoms with van der Waals surface area (Å²) >= 11 is 0. The summed E-state index contributed by atoms with van der Waals surface area (Å²) in [6.07, 6.45) is 4.33. The third-order valence-corrected chi connectivity index (χ3v) is 3.51. The van der Waals surface area contributed by atoms with Crippen LogP contribution in [-0.4, -0.2) is 17.2 Å². The van der Waals surface area contributed by atoms with E-state index in [1.54, 1.807) is 6.07 Å². The minimum Gasteiger partial charge on any atom is -0.346 e. The molecular formula is C15H21FN2. The van der Waals surface area contributed by atoms with Crippen molar-refractivity contribution in [3.63, 3.8) is 0 Å². The first-order valence-electron chi connectivity index (χ1n) is 6.72. The van der Waals surface area contributed by atoms with E-state index in [9.17, 15) is 4.39 Å². The molecule has 0 amide bonds. The average molecular weight is 248 g/mol. The molecule has 0 aliphatic carbocycles. The van der Waals surface area contributed by atoms with Crippen LogP contribution in [0.25, 0.3) is 10.9 Å². The first kappa shape index (κ1) is 13.1. The van der Waals surface area contributed by atoms with Crippen molar-refractivity contribution >= 4 is 10.9 Å². The highest BCUT2D eigenvalue weighted by atomic mass is 19.1. The van der Waals surface area contributed by atoms with Crippen LogP contribution in [0.2, 0.25) is 0 Å². The van der Waals surface area contributed by atoms with Gasteiger partial charge < -0.3 is 9.88 Å². The first-order valence-corrected chi connectivity index (χ1v) is 6.72. The summed E-state index contributed by atoms with van der Waals surface area (Å²) in [5, 5.41) is 4.62. The number of fused-ring (bicyclic) bond motifs is 1. The van der Waals surface area contributed by atoms with Gasteiger partial charge in [0.2, 0.25) is 0 Å². The van der Waals surface area contributed by atoms with E-state index in [-0.39, 0.29) is 5.82 Å². The van der Waals surface area contributed by atoms with Crippen molar-refractivity contribution in [2.45, 2.75) is 39.3 Å². The van der Waals surface area contributed by atoms with Gasteiger partial charge in [0.1, 0.15) is 5.82 Å². The molecule has 0 fully saturated rings. The predicted octanol–water partition coefficient (Wildman–Crippen LogP) is 3.56. The summed E-state index contributed by atoms with van der Waals surface area (Å²) in [6.45, 7) is 6.19. The van der Waals surface area contributed by atoms with E-state index in [4.69, 9.17) is 0 Å². The Bertz CT molecular complexity index is 500. The maximum Gasteiger partial charge on any atom is 0.125 e. The number of aromatic nitrogens is 1. The van der Waals surface area contributed by atoms with Gasteiger partial charge >= 0.3 is 0 Å². The highest BCUT2D eigenvalue weighted by molar-refractivity contribution is 5.80. The lowest BCUT2D eigenvalue weighted by atomic mass is 10.2. The van der Waals surface area contributed by atoms with E-state index >= 15 is 0 Å². The molecule has 0 spiro atoms. The zero-order valence-corrected chi connectivity index (χ0v) is 11.1. The topological polar surface area (TPSA) is 17.0 Å². The van der Waals surface area contributed by atoms with Gasteiger partial charge in [0.05, 0.1) is 5.52 Å². The third-order valence-electron chi connectivity index (χ3n) is 3.51. The zero-order chi connectivity index (χ0) is 13.0. The molecule has 2 nitrogen and oxygen atoms in total. The van der Waals surface area contributed by atoms with Gasteiger partial charge in [-0.25, -0.2) is 4.39 Å². The van der Waals surface area contributed by atoms with Gasteiger partial charge in [-0.1, -0.05) is 13.8 Å². The minimum atomic E-state index is -0.171. The van der Waals surface area contributed by atoms with Crippen molar-refractivity contribution < 1.29 is 4.39 Å². The average Bonchev–Trinajstić information content (AvgIpc) is 2.77. The van der Waals surface area contributed by atoms with Crippen molar-refractivity contribution in [3.8, 4) is 0 Å². The van der Waals surface area contributed by atoms with Crippen molar-refractivity contribution in [2.75, 3.05) is 6.54 Å². The van der Waals surface area contributed by atoms with Crippen molar-refractivity contribution in [3.05, 3.63) is 36.3 Å². The lowest BCUT2D eigenvalue weighted by Crippen LogP contribution is -2.30. The predicted molar refractivity (Wildman–Crippen MR) is 74.3 cm³/mol. The van der Waals surface area contributed by atoms with E-state index in [1.807, 2.05) is 18.3 Å². The van der Waals surface area contributed by atoms with E-state index in [2.05, 4.69) is 23.7 Å². The summed E-state index contributed by atoms with van der Waals surface area (Å²) in [5.74, 6) is -0.171. The molecule has 0 saturated carbocycles. The largest absolute Gasteiger partial charge is 0.346 e. The fourth-order valence-electron chi connectivity index (χ4n) is 2.32. The van der Waals surface area contributed by atoms with Crippen LogP contribution in [0.3, 0.4) is 0 Å². The Balaban J connectivity index is 2.01. The summed E-state index contributed by atoms with van der Waals surface area (Å²) in [4.78, 5) is 0. The number of hydrogen-bond acceptors (Lipinski definition) is 1. The molecule has 0 atom stereocenters. The zero-order valence-electron chi connectivity index (χ0n) is 11.1. The Labute approximate surface area is 108 Å². The standard InChI is InChI=1S/C15H21FN2/c1-3-14(4-2)17-8-10-18-9-7-12-5-6-13(16)11-15(12)18/h5-7,9,11,14,17H,3-4,8,10H2,1-2H3. The van der Waals surface area contributed by atoms with E-state index < -0.39 is 0 Å². The Hall–Kier alpha value is -1.35. The van der Waals surface area contributed by atoms with Gasteiger partial charge in [-0.3, -0.25) is 0 Å². The molecule has 1 heterocycles. The number of halogens is 1. The third kappa shape index (κ3) is 2.91. The number of benzene rings is 1. The number of nitrogens with one attached hydrogen (secondary N) is 1. The maximum atomic E-state index is 13.2. The molecule has 0 radical (unpaired) electrons. The maximum absolute atomic E-state index is 13.2. The Kier molecular flexibility index (Phi) is 4.37. The normalized spacial score (nSPS) is 11.6. The molecule has 0 aliphatic rings.